The van der Waals surface area contributed by atoms with E-state index < -0.39 is 0 Å². The van der Waals surface area contributed by atoms with Crippen LogP contribution in [0.15, 0.2) is 18.2 Å². The monoisotopic (exact) mass is 248 g/mol. The van der Waals surface area contributed by atoms with Crippen LogP contribution in [-0.2, 0) is 4.74 Å². The van der Waals surface area contributed by atoms with E-state index in [0.29, 0.717) is 17.8 Å². The maximum absolute atomic E-state index is 12.3. The van der Waals surface area contributed by atoms with Crippen LogP contribution in [0.25, 0.3) is 0 Å². The minimum absolute atomic E-state index is 0.0449. The maximum atomic E-state index is 12.3. The molecule has 0 aliphatic carbocycles. The first-order chi connectivity index (χ1) is 8.61. The Labute approximate surface area is 108 Å². The van der Waals surface area contributed by atoms with Crippen molar-refractivity contribution in [3.05, 3.63) is 29.3 Å². The molecule has 1 atom stereocenters. The van der Waals surface area contributed by atoms with Crippen LogP contribution < -0.4 is 5.73 Å². The van der Waals surface area contributed by atoms with Crippen LogP contribution in [0.1, 0.15) is 28.8 Å². The Balaban J connectivity index is 2.12. The van der Waals surface area contributed by atoms with Gasteiger partial charge < -0.3 is 15.4 Å². The van der Waals surface area contributed by atoms with Crippen molar-refractivity contribution in [2.24, 2.45) is 0 Å². The molecule has 1 fully saturated rings. The summed E-state index contributed by atoms with van der Waals surface area (Å²) in [6, 6.07) is 5.48. The lowest BCUT2D eigenvalue weighted by molar-refractivity contribution is 0.0269. The number of carbonyl (C=O) groups is 1. The Morgan fingerprint density at radius 2 is 2.28 bits per heavy atom. The highest BCUT2D eigenvalue weighted by Gasteiger charge is 2.24. The Bertz CT molecular complexity index is 445. The lowest BCUT2D eigenvalue weighted by atomic mass is 10.1. The Morgan fingerprint density at radius 3 is 2.94 bits per heavy atom. The normalized spacial score (nSPS) is 19.9. The first-order valence-corrected chi connectivity index (χ1v) is 6.30. The van der Waals surface area contributed by atoms with Gasteiger partial charge in [-0.25, -0.2) is 0 Å². The van der Waals surface area contributed by atoms with Gasteiger partial charge in [0, 0.05) is 31.5 Å². The van der Waals surface area contributed by atoms with Gasteiger partial charge in [0.25, 0.3) is 5.91 Å². The number of rotatable bonds is 2. The van der Waals surface area contributed by atoms with E-state index in [-0.39, 0.29) is 12.0 Å². The second-order valence-corrected chi connectivity index (χ2v) is 4.82. The number of carbonyl (C=O) groups excluding carboxylic acids is 1. The smallest absolute Gasteiger partial charge is 0.254 e. The number of hydrogen-bond acceptors (Lipinski definition) is 3. The van der Waals surface area contributed by atoms with Crippen LogP contribution in [0.2, 0.25) is 0 Å². The van der Waals surface area contributed by atoms with E-state index in [1.807, 2.05) is 24.0 Å². The van der Waals surface area contributed by atoms with Crippen LogP contribution in [0.4, 0.5) is 5.69 Å². The van der Waals surface area contributed by atoms with Gasteiger partial charge >= 0.3 is 0 Å². The molecule has 2 rings (SSSR count). The van der Waals surface area contributed by atoms with Gasteiger partial charge in [0.15, 0.2) is 0 Å². The molecule has 1 heterocycles. The summed E-state index contributed by atoms with van der Waals surface area (Å²) in [5.74, 6) is 0.0449. The van der Waals surface area contributed by atoms with E-state index in [1.54, 1.807) is 13.2 Å². The highest BCUT2D eigenvalue weighted by molar-refractivity contribution is 5.95. The van der Waals surface area contributed by atoms with Gasteiger partial charge in [0.2, 0.25) is 0 Å². The fourth-order valence-electron chi connectivity index (χ4n) is 2.27. The van der Waals surface area contributed by atoms with Crippen LogP contribution in [0.5, 0.6) is 0 Å². The SMILES string of the molecule is COC1CCCN(C(=O)c2ccc(C)c(N)c2)C1. The number of amides is 1. The van der Waals surface area contributed by atoms with Crippen LogP contribution in [0, 0.1) is 6.92 Å². The number of aryl methyl sites for hydroxylation is 1. The van der Waals surface area contributed by atoms with Gasteiger partial charge in [-0.15, -0.1) is 0 Å². The molecule has 1 aromatic carbocycles. The summed E-state index contributed by atoms with van der Waals surface area (Å²) < 4.78 is 5.33. The van der Waals surface area contributed by atoms with Crippen molar-refractivity contribution in [3.63, 3.8) is 0 Å². The zero-order chi connectivity index (χ0) is 13.1. The van der Waals surface area contributed by atoms with Gasteiger partial charge in [-0.1, -0.05) is 6.07 Å². The second kappa shape index (κ2) is 5.40. The summed E-state index contributed by atoms with van der Waals surface area (Å²) in [5, 5.41) is 0. The number of methoxy groups -OCH3 is 1. The molecule has 0 bridgehead atoms. The van der Waals surface area contributed by atoms with Gasteiger partial charge in [0.05, 0.1) is 6.10 Å². The average molecular weight is 248 g/mol. The molecule has 0 aromatic heterocycles. The molecule has 18 heavy (non-hydrogen) atoms. The molecule has 0 spiro atoms. The molecule has 0 saturated carbocycles. The lowest BCUT2D eigenvalue weighted by Gasteiger charge is -2.32. The molecule has 4 nitrogen and oxygen atoms in total. The summed E-state index contributed by atoms with van der Waals surface area (Å²) in [6.45, 7) is 3.40. The third-order valence-corrected chi connectivity index (χ3v) is 3.52. The van der Waals surface area contributed by atoms with Gasteiger partial charge in [0.1, 0.15) is 0 Å². The number of anilines is 1. The standard InChI is InChI=1S/C14H20N2O2/c1-10-5-6-11(8-13(10)15)14(17)16-7-3-4-12(9-16)18-2/h5-6,8,12H,3-4,7,9,15H2,1-2H3. The van der Waals surface area contributed by atoms with Crippen molar-refractivity contribution in [1.29, 1.82) is 0 Å². The molecule has 1 aromatic rings. The van der Waals surface area contributed by atoms with E-state index in [9.17, 15) is 4.79 Å². The lowest BCUT2D eigenvalue weighted by Crippen LogP contribution is -2.42. The zero-order valence-corrected chi connectivity index (χ0v) is 11.0. The fourth-order valence-corrected chi connectivity index (χ4v) is 2.27. The molecule has 2 N–H and O–H groups in total. The molecule has 0 radical (unpaired) electrons. The predicted molar refractivity (Wildman–Crippen MR) is 71.5 cm³/mol. The number of benzene rings is 1. The van der Waals surface area contributed by atoms with E-state index >= 15 is 0 Å². The van der Waals surface area contributed by atoms with E-state index in [1.165, 1.54) is 0 Å². The summed E-state index contributed by atoms with van der Waals surface area (Å²) in [7, 11) is 1.70. The summed E-state index contributed by atoms with van der Waals surface area (Å²) >= 11 is 0. The molecule has 98 valence electrons. The fraction of sp³-hybridized carbons (Fsp3) is 0.500. The summed E-state index contributed by atoms with van der Waals surface area (Å²) in [5.41, 5.74) is 8.18. The molecule has 4 heteroatoms. The number of nitrogens with two attached hydrogens (primary N) is 1. The quantitative estimate of drug-likeness (QED) is 0.812. The van der Waals surface area contributed by atoms with Crippen molar-refractivity contribution in [2.45, 2.75) is 25.9 Å². The summed E-state index contributed by atoms with van der Waals surface area (Å²) in [6.07, 6.45) is 2.17. The Hall–Kier alpha value is -1.55. The van der Waals surface area contributed by atoms with Crippen molar-refractivity contribution in [1.82, 2.24) is 4.90 Å². The molecule has 1 saturated heterocycles. The minimum atomic E-state index is 0.0449. The largest absolute Gasteiger partial charge is 0.398 e. The van der Waals surface area contributed by atoms with Gasteiger partial charge in [-0.3, -0.25) is 4.79 Å². The van der Waals surface area contributed by atoms with Crippen LogP contribution >= 0.6 is 0 Å². The highest BCUT2D eigenvalue weighted by atomic mass is 16.5. The minimum Gasteiger partial charge on any atom is -0.398 e. The molecule has 1 aliphatic rings. The number of likely N-dealkylation sites (tertiary alicyclic amines) is 1. The number of nitrogens with zero attached hydrogens (tertiary/aromatic N) is 1. The highest BCUT2D eigenvalue weighted by Crippen LogP contribution is 2.18. The number of hydrogen-bond donors (Lipinski definition) is 1. The summed E-state index contributed by atoms with van der Waals surface area (Å²) in [4.78, 5) is 14.2. The first kappa shape index (κ1) is 12.9. The maximum Gasteiger partial charge on any atom is 0.254 e. The molecule has 1 amide bonds. The van der Waals surface area contributed by atoms with E-state index in [4.69, 9.17) is 10.5 Å². The number of piperidine rings is 1. The van der Waals surface area contributed by atoms with Crippen molar-refractivity contribution >= 4 is 11.6 Å². The van der Waals surface area contributed by atoms with Crippen molar-refractivity contribution in [2.75, 3.05) is 25.9 Å². The number of ether oxygens (including phenoxy) is 1. The average Bonchev–Trinajstić information content (AvgIpc) is 2.41. The zero-order valence-electron chi connectivity index (χ0n) is 11.0. The third-order valence-electron chi connectivity index (χ3n) is 3.52. The molecule has 1 aliphatic heterocycles. The Kier molecular flexibility index (Phi) is 3.87. The Morgan fingerprint density at radius 1 is 1.50 bits per heavy atom. The van der Waals surface area contributed by atoms with E-state index in [0.717, 1.165) is 24.9 Å². The van der Waals surface area contributed by atoms with Gasteiger partial charge in [-0.2, -0.15) is 0 Å². The van der Waals surface area contributed by atoms with Crippen molar-refractivity contribution in [3.8, 4) is 0 Å². The molecular formula is C14H20N2O2. The number of nitrogen functional groups attached to an aromatic ring is 1. The van der Waals surface area contributed by atoms with E-state index in [2.05, 4.69) is 0 Å². The third kappa shape index (κ3) is 2.64. The van der Waals surface area contributed by atoms with Crippen LogP contribution in [-0.4, -0.2) is 37.1 Å². The van der Waals surface area contributed by atoms with Gasteiger partial charge in [-0.05, 0) is 37.5 Å². The second-order valence-electron chi connectivity index (χ2n) is 4.82. The topological polar surface area (TPSA) is 55.6 Å². The van der Waals surface area contributed by atoms with Crippen molar-refractivity contribution < 1.29 is 9.53 Å². The predicted octanol–water partition coefficient (Wildman–Crippen LogP) is 1.83. The first-order valence-electron chi connectivity index (χ1n) is 6.30. The van der Waals surface area contributed by atoms with Crippen LogP contribution in [0.3, 0.4) is 0 Å². The molecular weight excluding hydrogens is 228 g/mol. The molecule has 1 unspecified atom stereocenters.